The van der Waals surface area contributed by atoms with E-state index in [9.17, 15) is 0 Å². The maximum Gasteiger partial charge on any atom is 0.206 e. The van der Waals surface area contributed by atoms with Crippen LogP contribution < -0.4 is 4.80 Å². The van der Waals surface area contributed by atoms with Gasteiger partial charge in [0.2, 0.25) is 4.80 Å². The first-order valence-electron chi connectivity index (χ1n) is 7.12. The van der Waals surface area contributed by atoms with E-state index in [0.717, 1.165) is 16.3 Å². The lowest BCUT2D eigenvalue weighted by atomic mass is 9.96. The Morgan fingerprint density at radius 1 is 1.35 bits per heavy atom. The van der Waals surface area contributed by atoms with Crippen LogP contribution in [0, 0.1) is 6.92 Å². The van der Waals surface area contributed by atoms with Gasteiger partial charge in [-0.3, -0.25) is 4.99 Å². The van der Waals surface area contributed by atoms with Crippen LogP contribution in [0.3, 0.4) is 0 Å². The van der Waals surface area contributed by atoms with E-state index in [1.165, 1.54) is 32.1 Å². The first kappa shape index (κ1) is 13.4. The lowest BCUT2D eigenvalue weighted by Gasteiger charge is -2.16. The van der Waals surface area contributed by atoms with Gasteiger partial charge in [-0.2, -0.15) is 5.10 Å². The lowest BCUT2D eigenvalue weighted by Crippen LogP contribution is -2.19. The van der Waals surface area contributed by atoms with Crippen LogP contribution in [0.25, 0.3) is 0 Å². The predicted molar refractivity (Wildman–Crippen MR) is 81.2 cm³/mol. The minimum atomic E-state index is 0.465. The highest BCUT2D eigenvalue weighted by Crippen LogP contribution is 2.19. The molecule has 5 heteroatoms. The molecule has 0 unspecified atom stereocenters. The van der Waals surface area contributed by atoms with Crippen LogP contribution in [-0.4, -0.2) is 16.9 Å². The zero-order chi connectivity index (χ0) is 13.8. The second-order valence-electron chi connectivity index (χ2n) is 5.15. The molecule has 106 valence electrons. The first-order chi connectivity index (χ1) is 9.83. The second-order valence-corrected chi connectivity index (χ2v) is 5.99. The van der Waals surface area contributed by atoms with Crippen molar-refractivity contribution >= 4 is 17.6 Å². The number of thiazole rings is 1. The van der Waals surface area contributed by atoms with Crippen LogP contribution in [0.15, 0.2) is 38.3 Å². The van der Waals surface area contributed by atoms with Gasteiger partial charge in [0, 0.05) is 5.38 Å². The van der Waals surface area contributed by atoms with Crippen molar-refractivity contribution < 1.29 is 4.42 Å². The fourth-order valence-corrected chi connectivity index (χ4v) is 3.34. The van der Waals surface area contributed by atoms with Crippen molar-refractivity contribution in [3.8, 4) is 0 Å². The Labute approximate surface area is 122 Å². The molecule has 2 aromatic heterocycles. The molecule has 0 radical (unpaired) electrons. The molecule has 2 aromatic rings. The van der Waals surface area contributed by atoms with Crippen molar-refractivity contribution in [2.24, 2.45) is 10.1 Å². The topological polar surface area (TPSA) is 42.8 Å². The van der Waals surface area contributed by atoms with Crippen LogP contribution in [0.2, 0.25) is 0 Å². The van der Waals surface area contributed by atoms with E-state index in [1.54, 1.807) is 23.8 Å². The summed E-state index contributed by atoms with van der Waals surface area (Å²) in [5.74, 6) is 0.756. The van der Waals surface area contributed by atoms with E-state index in [4.69, 9.17) is 9.41 Å². The summed E-state index contributed by atoms with van der Waals surface area (Å²) in [6, 6.07) is 4.22. The van der Waals surface area contributed by atoms with Crippen molar-refractivity contribution in [2.75, 3.05) is 0 Å². The number of hydrogen-bond acceptors (Lipinski definition) is 4. The fraction of sp³-hybridized carbons (Fsp3) is 0.467. The van der Waals surface area contributed by atoms with E-state index >= 15 is 0 Å². The number of hydrogen-bond donors (Lipinski definition) is 0. The van der Waals surface area contributed by atoms with Crippen molar-refractivity contribution in [1.82, 2.24) is 4.68 Å². The SMILES string of the molecule is Cc1csc(=NC2CCCCC2)n1/N=C/c1ccco1. The van der Waals surface area contributed by atoms with Gasteiger partial charge >= 0.3 is 0 Å². The minimum Gasteiger partial charge on any atom is -0.463 e. The molecule has 0 amide bonds. The zero-order valence-corrected chi connectivity index (χ0v) is 12.5. The highest BCUT2D eigenvalue weighted by Gasteiger charge is 2.12. The number of furan rings is 1. The van der Waals surface area contributed by atoms with Crippen molar-refractivity contribution in [3.05, 3.63) is 40.0 Å². The Kier molecular flexibility index (Phi) is 4.16. The van der Waals surface area contributed by atoms with E-state index in [2.05, 4.69) is 17.4 Å². The Morgan fingerprint density at radius 3 is 2.95 bits per heavy atom. The Hall–Kier alpha value is -1.62. The maximum atomic E-state index is 5.27. The van der Waals surface area contributed by atoms with E-state index in [0.29, 0.717) is 6.04 Å². The van der Waals surface area contributed by atoms with Crippen molar-refractivity contribution in [1.29, 1.82) is 0 Å². The molecule has 0 spiro atoms. The Bertz CT molecular complexity index is 630. The number of nitrogens with zero attached hydrogens (tertiary/aromatic N) is 3. The van der Waals surface area contributed by atoms with E-state index in [-0.39, 0.29) is 0 Å². The third-order valence-corrected chi connectivity index (χ3v) is 4.51. The van der Waals surface area contributed by atoms with Gasteiger partial charge in [-0.1, -0.05) is 19.3 Å². The summed E-state index contributed by atoms with van der Waals surface area (Å²) in [5.41, 5.74) is 1.10. The standard InChI is InChI=1S/C15H19N3OS/c1-12-11-20-15(17-13-6-3-2-4-7-13)18(12)16-10-14-8-5-9-19-14/h5,8-11,13H,2-4,6-7H2,1H3/b16-10+,17-15?. The van der Waals surface area contributed by atoms with Crippen LogP contribution in [-0.2, 0) is 0 Å². The van der Waals surface area contributed by atoms with Gasteiger partial charge in [0.15, 0.2) is 0 Å². The third kappa shape index (κ3) is 3.10. The molecule has 0 N–H and O–H groups in total. The molecule has 1 aliphatic carbocycles. The van der Waals surface area contributed by atoms with E-state index < -0.39 is 0 Å². The Morgan fingerprint density at radius 2 is 2.20 bits per heavy atom. The average molecular weight is 289 g/mol. The van der Waals surface area contributed by atoms with Gasteiger partial charge in [0.1, 0.15) is 5.76 Å². The van der Waals surface area contributed by atoms with Crippen molar-refractivity contribution in [3.63, 3.8) is 0 Å². The molecule has 3 rings (SSSR count). The van der Waals surface area contributed by atoms with Crippen LogP contribution in [0.5, 0.6) is 0 Å². The molecule has 0 saturated heterocycles. The highest BCUT2D eigenvalue weighted by atomic mass is 32.1. The monoisotopic (exact) mass is 289 g/mol. The minimum absolute atomic E-state index is 0.465. The predicted octanol–water partition coefficient (Wildman–Crippen LogP) is 3.57. The molecule has 4 nitrogen and oxygen atoms in total. The quantitative estimate of drug-likeness (QED) is 0.797. The van der Waals surface area contributed by atoms with Gasteiger partial charge in [-0.15, -0.1) is 11.3 Å². The molecule has 20 heavy (non-hydrogen) atoms. The first-order valence-corrected chi connectivity index (χ1v) is 8.00. The van der Waals surface area contributed by atoms with Gasteiger partial charge in [0.25, 0.3) is 0 Å². The molecule has 0 bridgehead atoms. The summed E-state index contributed by atoms with van der Waals surface area (Å²) < 4.78 is 7.18. The molecule has 2 heterocycles. The molecule has 0 aromatic carbocycles. The van der Waals surface area contributed by atoms with Gasteiger partial charge in [0.05, 0.1) is 24.2 Å². The largest absolute Gasteiger partial charge is 0.463 e. The second kappa shape index (κ2) is 6.22. The summed E-state index contributed by atoms with van der Waals surface area (Å²) >= 11 is 1.66. The molecular weight excluding hydrogens is 270 g/mol. The molecule has 1 saturated carbocycles. The van der Waals surface area contributed by atoms with Crippen molar-refractivity contribution in [2.45, 2.75) is 45.1 Å². The maximum absolute atomic E-state index is 5.27. The highest BCUT2D eigenvalue weighted by molar-refractivity contribution is 7.07. The zero-order valence-electron chi connectivity index (χ0n) is 11.7. The molecular formula is C15H19N3OS. The van der Waals surface area contributed by atoms with Gasteiger partial charge in [-0.25, -0.2) is 4.68 Å². The molecule has 1 fully saturated rings. The third-order valence-electron chi connectivity index (χ3n) is 3.56. The van der Waals surface area contributed by atoms with Gasteiger partial charge in [-0.05, 0) is 31.9 Å². The summed E-state index contributed by atoms with van der Waals surface area (Å²) in [6.07, 6.45) is 9.76. The van der Waals surface area contributed by atoms with Crippen LogP contribution in [0.4, 0.5) is 0 Å². The van der Waals surface area contributed by atoms with Crippen LogP contribution >= 0.6 is 11.3 Å². The van der Waals surface area contributed by atoms with Crippen LogP contribution in [0.1, 0.15) is 43.6 Å². The molecule has 0 aliphatic heterocycles. The normalized spacial score (nSPS) is 18.1. The summed E-state index contributed by atoms with van der Waals surface area (Å²) in [5, 5.41) is 6.59. The van der Waals surface area contributed by atoms with Gasteiger partial charge < -0.3 is 4.42 Å². The lowest BCUT2D eigenvalue weighted by molar-refractivity contribution is 0.435. The Balaban J connectivity index is 1.87. The molecule has 0 atom stereocenters. The number of aryl methyl sites for hydroxylation is 1. The fourth-order valence-electron chi connectivity index (χ4n) is 2.46. The average Bonchev–Trinajstić information content (AvgIpc) is 3.09. The summed E-state index contributed by atoms with van der Waals surface area (Å²) in [4.78, 5) is 5.86. The summed E-state index contributed by atoms with van der Waals surface area (Å²) in [7, 11) is 0. The molecule has 1 aliphatic rings. The number of aromatic nitrogens is 1. The number of rotatable bonds is 3. The smallest absolute Gasteiger partial charge is 0.206 e. The summed E-state index contributed by atoms with van der Waals surface area (Å²) in [6.45, 7) is 2.05. The van der Waals surface area contributed by atoms with E-state index in [1.807, 2.05) is 16.8 Å².